The predicted molar refractivity (Wildman–Crippen MR) is 421 cm³/mol. The summed E-state index contributed by atoms with van der Waals surface area (Å²) >= 11 is 14.3. The third kappa shape index (κ3) is 21.5. The van der Waals surface area contributed by atoms with E-state index in [1.807, 2.05) is 13.8 Å². The Bertz CT molecular complexity index is 4370. The van der Waals surface area contributed by atoms with Gasteiger partial charge in [-0.1, -0.05) is 129 Å². The molecule has 2 saturated heterocycles. The molecule has 7 amide bonds. The fraction of sp³-hybridized carbons (Fsp3) is 0.513. The SMILES string of the molecule is CCCCCCCCCCSSCCNC1(C)CC(OC2C(Oc3c4cc5cc3Oc3ccc(cc3Cl)C(O)C3NC(=O)C(NC(=O)C5NC(=O)C(CC(N)=O)NC(=O)C(NC(=O)C(CC(C)C)NC)C(O)c5ccc(c(Cl)c5)O4)c4ccc(O)c(c4)-c4c(O)cc(O)cc4C(C(=O)O)NC3=O)OC(CO)C(O)C2O)OC(C)C1O. The Balaban J connectivity index is 1.14. The number of amides is 7. The van der Waals surface area contributed by atoms with Crippen LogP contribution in [0.2, 0.25) is 10.0 Å². The van der Waals surface area contributed by atoms with Gasteiger partial charge in [-0.05, 0) is 117 Å². The van der Waals surface area contributed by atoms with Gasteiger partial charge in [0.05, 0.1) is 41.3 Å². The number of aromatic hydroxyl groups is 3. The maximum atomic E-state index is 16.2. The van der Waals surface area contributed by atoms with Crippen LogP contribution in [0.4, 0.5) is 0 Å². The van der Waals surface area contributed by atoms with Crippen LogP contribution in [-0.2, 0) is 52.6 Å². The van der Waals surface area contributed by atoms with Crippen LogP contribution in [0.3, 0.4) is 0 Å². The molecule has 20 N–H and O–H groups in total. The van der Waals surface area contributed by atoms with E-state index < -0.39 is 231 Å². The molecule has 18 unspecified atom stereocenters. The van der Waals surface area contributed by atoms with Crippen molar-refractivity contribution in [2.75, 3.05) is 31.7 Å². The van der Waals surface area contributed by atoms with Gasteiger partial charge in [-0.3, -0.25) is 33.6 Å². The van der Waals surface area contributed by atoms with Crippen LogP contribution in [0, 0.1) is 5.92 Å². The molecule has 2 fully saturated rings. The molecule has 0 radical (unpaired) electrons. The van der Waals surface area contributed by atoms with Crippen LogP contribution in [0.15, 0.2) is 78.9 Å². The van der Waals surface area contributed by atoms with Gasteiger partial charge >= 0.3 is 5.97 Å². The van der Waals surface area contributed by atoms with E-state index in [0.29, 0.717) is 12.3 Å². The number of phenolic OH excluding ortho intramolecular Hbond substituents is 3. The fourth-order valence-electron chi connectivity index (χ4n) is 14.4. The standard InChI is InChI=1S/C78H99Cl2N9O24S2/c1-7-8-9-10-11-12-13-14-22-114-115-23-21-83-78(5)33-56(108-36(4)69(78)99)112-68-66(98)65(97)54(34-90)111-77(68)113-67-52-28-40-29-53(67)110-51-20-17-39(27-45(51)80)64(96)62-75(105)87-60(76(106)107)43-30-41(91)31-49(93)57(43)42-25-37(15-18-48(42)92)58(72(102)89-62)86-73(103)59(40)85-71(101)47(32-55(81)94)84-74(104)61(88-70(100)46(82-6)24-35(2)3)63(95)38-16-19-50(109-52)44(79)26-38/h15-20,25-31,35-36,46-47,54,56,58-66,68-69,77,82-83,90-93,95-99H,7-14,21-24,32-34H2,1-6H3,(H2,81,94)(H,84,104)(H,85,101)(H,86,103)(H,87,105)(H,88,100)(H,89,102)(H,106,107). The first-order chi connectivity index (χ1) is 54.7. The second-order valence-corrected chi connectivity index (χ2v) is 33.2. The molecule has 33 nitrogen and oxygen atoms in total. The van der Waals surface area contributed by atoms with E-state index in [2.05, 4.69) is 49.5 Å². The number of carboxylic acid groups (broad SMARTS) is 1. The Kier molecular flexibility index (Phi) is 30.6. The van der Waals surface area contributed by atoms with Gasteiger partial charge in [0.1, 0.15) is 89.5 Å². The van der Waals surface area contributed by atoms with Gasteiger partial charge in [-0.25, -0.2) is 4.79 Å². The molecule has 0 spiro atoms. The molecular weight excluding hydrogens is 1580 g/mol. The summed E-state index contributed by atoms with van der Waals surface area (Å²) in [6, 6.07) is -0.423. The number of phenols is 3. The number of carbonyl (C=O) groups excluding carboxylic acids is 7. The molecule has 7 aliphatic heterocycles. The van der Waals surface area contributed by atoms with E-state index in [1.54, 1.807) is 35.4 Å². The molecule has 0 saturated carbocycles. The Morgan fingerprint density at radius 3 is 1.91 bits per heavy atom. The number of ether oxygens (including phenoxy) is 6. The topological polar surface area (TPSA) is 517 Å². The minimum atomic E-state index is -2.35. The molecular formula is C78H99Cl2N9O24S2. The lowest BCUT2D eigenvalue weighted by Crippen LogP contribution is -2.65. The number of hydrogen-bond acceptors (Lipinski definition) is 27. The van der Waals surface area contributed by atoms with Gasteiger partial charge in [0.15, 0.2) is 29.9 Å². The highest BCUT2D eigenvalue weighted by Crippen LogP contribution is 2.50. The summed E-state index contributed by atoms with van der Waals surface area (Å²) in [6.45, 7) is 8.69. The average Bonchev–Trinajstić information content (AvgIpc) is 0.762. The molecule has 18 atom stereocenters. The van der Waals surface area contributed by atoms with Crippen molar-refractivity contribution in [2.45, 2.75) is 214 Å². The molecule has 37 heteroatoms. The molecule has 5 aromatic rings. The number of halogens is 2. The number of aliphatic hydroxyl groups excluding tert-OH is 6. The van der Waals surface area contributed by atoms with Crippen molar-refractivity contribution in [3.8, 4) is 57.1 Å². The number of rotatable bonds is 27. The molecule has 11 bridgehead atoms. The maximum absolute atomic E-state index is 16.2. The lowest BCUT2D eigenvalue weighted by Gasteiger charge is -2.48. The summed E-state index contributed by atoms with van der Waals surface area (Å²) in [5.41, 5.74) is 1.88. The molecule has 5 aromatic carbocycles. The smallest absolute Gasteiger partial charge is 0.330 e. The molecule has 12 rings (SSSR count). The monoisotopic (exact) mass is 1680 g/mol. The number of benzene rings is 5. The number of aliphatic hydroxyl groups is 6. The Morgan fingerprint density at radius 2 is 1.30 bits per heavy atom. The summed E-state index contributed by atoms with van der Waals surface area (Å²) in [4.78, 5) is 118. The predicted octanol–water partition coefficient (Wildman–Crippen LogP) is 5.26. The highest BCUT2D eigenvalue weighted by atomic mass is 35.5. The van der Waals surface area contributed by atoms with Gasteiger partial charge in [-0.2, -0.15) is 0 Å². The maximum Gasteiger partial charge on any atom is 0.330 e. The molecule has 0 aromatic heterocycles. The van der Waals surface area contributed by atoms with Crippen LogP contribution < -0.4 is 62.5 Å². The summed E-state index contributed by atoms with van der Waals surface area (Å²) in [5, 5.41) is 136. The molecule has 7 heterocycles. The van der Waals surface area contributed by atoms with E-state index in [4.69, 9.17) is 57.4 Å². The summed E-state index contributed by atoms with van der Waals surface area (Å²) in [5.74, 6) is -14.2. The summed E-state index contributed by atoms with van der Waals surface area (Å²) in [6.07, 6.45) is -8.58. The lowest BCUT2D eigenvalue weighted by molar-refractivity contribution is -0.334. The second-order valence-electron chi connectivity index (χ2n) is 29.7. The highest BCUT2D eigenvalue weighted by molar-refractivity contribution is 8.76. The number of hydrogen-bond donors (Lipinski definition) is 19. The van der Waals surface area contributed by atoms with E-state index >= 15 is 14.4 Å². The van der Waals surface area contributed by atoms with Crippen molar-refractivity contribution < 1.29 is 118 Å². The zero-order valence-corrected chi connectivity index (χ0v) is 67.0. The van der Waals surface area contributed by atoms with Crippen molar-refractivity contribution in [3.63, 3.8) is 0 Å². The minimum Gasteiger partial charge on any atom is -0.508 e. The van der Waals surface area contributed by atoms with Gasteiger partial charge in [-0.15, -0.1) is 0 Å². The number of aliphatic carboxylic acids is 1. The number of likely N-dealkylation sites (N-methyl/N-ethyl adjacent to an activating group) is 1. The van der Waals surface area contributed by atoms with Crippen molar-refractivity contribution >= 4 is 92.1 Å². The van der Waals surface area contributed by atoms with Crippen LogP contribution in [0.5, 0.6) is 46.0 Å². The number of carbonyl (C=O) groups is 8. The largest absolute Gasteiger partial charge is 0.508 e. The quantitative estimate of drug-likeness (QED) is 0.0235. The lowest BCUT2D eigenvalue weighted by atomic mass is 9.85. The second kappa shape index (κ2) is 39.6. The number of nitrogens with two attached hydrogens (primary N) is 1. The zero-order chi connectivity index (χ0) is 83.4. The number of carboxylic acids is 1. The van der Waals surface area contributed by atoms with E-state index in [0.717, 1.165) is 85.3 Å². The minimum absolute atomic E-state index is 0.0949. The first-order valence-electron chi connectivity index (χ1n) is 37.9. The number of unbranched alkanes of at least 4 members (excludes halogenated alkanes) is 7. The number of fused-ring (bicyclic) bond motifs is 15. The van der Waals surface area contributed by atoms with Crippen molar-refractivity contribution in [1.82, 2.24) is 42.5 Å². The summed E-state index contributed by atoms with van der Waals surface area (Å²) in [7, 11) is 4.92. The fourth-order valence-corrected chi connectivity index (χ4v) is 16.9. The zero-order valence-electron chi connectivity index (χ0n) is 63.8. The van der Waals surface area contributed by atoms with E-state index in [1.165, 1.54) is 57.7 Å². The van der Waals surface area contributed by atoms with Gasteiger partial charge in [0.25, 0.3) is 0 Å². The van der Waals surface area contributed by atoms with Crippen LogP contribution in [0.25, 0.3) is 11.1 Å². The first-order valence-corrected chi connectivity index (χ1v) is 41.1. The Morgan fingerprint density at radius 1 is 0.687 bits per heavy atom. The highest BCUT2D eigenvalue weighted by Gasteiger charge is 2.52. The van der Waals surface area contributed by atoms with E-state index in [-0.39, 0.29) is 52.0 Å². The third-order valence-electron chi connectivity index (χ3n) is 20.6. The van der Waals surface area contributed by atoms with Crippen LogP contribution in [0.1, 0.15) is 163 Å². The van der Waals surface area contributed by atoms with Crippen molar-refractivity contribution in [3.05, 3.63) is 117 Å². The number of nitrogens with one attached hydrogen (secondary N) is 8. The molecule has 0 aliphatic carbocycles. The average molecular weight is 1680 g/mol. The third-order valence-corrected chi connectivity index (χ3v) is 23.7. The van der Waals surface area contributed by atoms with Gasteiger partial charge < -0.3 is 128 Å². The Labute approximate surface area is 680 Å². The number of primary amides is 1. The summed E-state index contributed by atoms with van der Waals surface area (Å²) < 4.78 is 39.5. The van der Waals surface area contributed by atoms with Crippen molar-refractivity contribution in [1.29, 1.82) is 0 Å². The van der Waals surface area contributed by atoms with Crippen LogP contribution >= 0.6 is 44.8 Å². The molecule has 626 valence electrons. The molecule has 115 heavy (non-hydrogen) atoms. The van der Waals surface area contributed by atoms with Crippen molar-refractivity contribution in [2.24, 2.45) is 11.7 Å². The van der Waals surface area contributed by atoms with Gasteiger partial charge in [0.2, 0.25) is 53.4 Å². The van der Waals surface area contributed by atoms with Crippen LogP contribution in [-0.4, -0.2) is 209 Å². The van der Waals surface area contributed by atoms with Gasteiger partial charge in [0, 0.05) is 52.8 Å². The van der Waals surface area contributed by atoms with E-state index in [9.17, 15) is 75.0 Å². The Hall–Kier alpha value is -8.50. The normalized spacial score (nSPS) is 27.3. The molecule has 7 aliphatic rings. The first kappa shape index (κ1) is 88.9.